The molecule has 98 valence electrons. The molecule has 0 aliphatic rings. The number of anilines is 1. The first-order valence-corrected chi connectivity index (χ1v) is 6.23. The number of carbonyl (C=O) groups excluding carboxylic acids is 2. The molecule has 4 nitrogen and oxygen atoms in total. The summed E-state index contributed by atoms with van der Waals surface area (Å²) in [6.07, 6.45) is 0.276. The van der Waals surface area contributed by atoms with E-state index in [1.54, 1.807) is 11.9 Å². The lowest BCUT2D eigenvalue weighted by Gasteiger charge is -2.17. The van der Waals surface area contributed by atoms with Crippen LogP contribution in [0.1, 0.15) is 18.9 Å². The molecule has 0 aliphatic heterocycles. The van der Waals surface area contributed by atoms with Crippen molar-refractivity contribution in [2.75, 3.05) is 18.2 Å². The second kappa shape index (κ2) is 7.01. The number of alkyl halides is 1. The van der Waals surface area contributed by atoms with E-state index in [9.17, 15) is 9.59 Å². The van der Waals surface area contributed by atoms with Gasteiger partial charge < -0.3 is 10.2 Å². The molecule has 0 aromatic heterocycles. The molecule has 0 saturated carbocycles. The molecule has 0 atom stereocenters. The van der Waals surface area contributed by atoms with E-state index in [1.165, 1.54) is 6.92 Å². The lowest BCUT2D eigenvalue weighted by molar-refractivity contribution is -0.128. The Morgan fingerprint density at radius 2 is 2.00 bits per heavy atom. The third kappa shape index (κ3) is 4.37. The molecule has 0 aliphatic carbocycles. The Labute approximate surface area is 112 Å². The highest BCUT2D eigenvalue weighted by Gasteiger charge is 2.09. The average Bonchev–Trinajstić information content (AvgIpc) is 2.31. The largest absolute Gasteiger partial charge is 0.342 e. The summed E-state index contributed by atoms with van der Waals surface area (Å²) >= 11 is 5.51. The molecule has 0 fully saturated rings. The third-order valence-corrected chi connectivity index (χ3v) is 2.75. The van der Waals surface area contributed by atoms with E-state index in [0.717, 1.165) is 11.3 Å². The van der Waals surface area contributed by atoms with Gasteiger partial charge in [-0.2, -0.15) is 0 Å². The first-order valence-electron chi connectivity index (χ1n) is 5.70. The van der Waals surface area contributed by atoms with E-state index in [-0.39, 0.29) is 18.2 Å². The zero-order chi connectivity index (χ0) is 13.5. The van der Waals surface area contributed by atoms with Crippen molar-refractivity contribution in [3.63, 3.8) is 0 Å². The minimum absolute atomic E-state index is 0.0168. The number of nitrogens with zero attached hydrogens (tertiary/aromatic N) is 1. The zero-order valence-electron chi connectivity index (χ0n) is 10.6. The Morgan fingerprint density at radius 3 is 2.61 bits per heavy atom. The normalized spacial score (nSPS) is 9.94. The summed E-state index contributed by atoms with van der Waals surface area (Å²) in [4.78, 5) is 24.3. The van der Waals surface area contributed by atoms with Crippen molar-refractivity contribution in [3.8, 4) is 0 Å². The van der Waals surface area contributed by atoms with Crippen molar-refractivity contribution in [2.24, 2.45) is 0 Å². The number of benzene rings is 1. The number of carbonyl (C=O) groups is 2. The Bertz CT molecular complexity index is 435. The van der Waals surface area contributed by atoms with E-state index in [4.69, 9.17) is 11.6 Å². The predicted octanol–water partition coefficient (Wildman–Crippen LogP) is 2.23. The number of rotatable bonds is 5. The molecule has 0 unspecified atom stereocenters. The van der Waals surface area contributed by atoms with Gasteiger partial charge in [0.2, 0.25) is 11.8 Å². The van der Waals surface area contributed by atoms with Gasteiger partial charge >= 0.3 is 0 Å². The first kappa shape index (κ1) is 14.5. The maximum atomic E-state index is 11.5. The molecule has 0 saturated heterocycles. The van der Waals surface area contributed by atoms with Crippen molar-refractivity contribution >= 4 is 29.1 Å². The van der Waals surface area contributed by atoms with Gasteiger partial charge in [0, 0.05) is 38.5 Å². The first-order chi connectivity index (χ1) is 8.54. The van der Waals surface area contributed by atoms with Gasteiger partial charge in [0.1, 0.15) is 0 Å². The molecule has 0 radical (unpaired) electrons. The Morgan fingerprint density at radius 1 is 1.33 bits per heavy atom. The van der Waals surface area contributed by atoms with Crippen LogP contribution in [0.3, 0.4) is 0 Å². The Kier molecular flexibility index (Phi) is 5.65. The second-order valence-corrected chi connectivity index (χ2v) is 4.40. The maximum absolute atomic E-state index is 11.5. The van der Waals surface area contributed by atoms with Gasteiger partial charge in [0.05, 0.1) is 0 Å². The van der Waals surface area contributed by atoms with Crippen molar-refractivity contribution in [1.29, 1.82) is 0 Å². The minimum Gasteiger partial charge on any atom is -0.342 e. The number of para-hydroxylation sites is 1. The second-order valence-electron chi connectivity index (χ2n) is 4.02. The third-order valence-electron chi connectivity index (χ3n) is 2.56. The van der Waals surface area contributed by atoms with Crippen LogP contribution >= 0.6 is 11.6 Å². The van der Waals surface area contributed by atoms with Crippen LogP contribution in [0, 0.1) is 0 Å². The highest BCUT2D eigenvalue weighted by molar-refractivity contribution is 6.19. The fourth-order valence-electron chi connectivity index (χ4n) is 1.45. The number of halogens is 1. The standard InChI is InChI=1S/C13H17ClN2O2/c1-10(17)16(2)9-11-5-3-4-6-12(11)15-13(18)7-8-14/h3-6H,7-9H2,1-2H3,(H,15,18). The fraction of sp³-hybridized carbons (Fsp3) is 0.385. The molecular weight excluding hydrogens is 252 g/mol. The van der Waals surface area contributed by atoms with E-state index in [1.807, 2.05) is 24.3 Å². The molecular formula is C13H17ClN2O2. The SMILES string of the molecule is CC(=O)N(C)Cc1ccccc1NC(=O)CCCl. The molecule has 1 N–H and O–H groups in total. The average molecular weight is 269 g/mol. The zero-order valence-corrected chi connectivity index (χ0v) is 11.3. The Balaban J connectivity index is 2.79. The van der Waals surface area contributed by atoms with E-state index in [0.29, 0.717) is 12.4 Å². The predicted molar refractivity (Wildman–Crippen MR) is 72.6 cm³/mol. The smallest absolute Gasteiger partial charge is 0.225 e. The quantitative estimate of drug-likeness (QED) is 0.833. The van der Waals surface area contributed by atoms with Crippen LogP contribution in [0.4, 0.5) is 5.69 Å². The number of hydrogen-bond donors (Lipinski definition) is 1. The maximum Gasteiger partial charge on any atom is 0.225 e. The molecule has 0 heterocycles. The lowest BCUT2D eigenvalue weighted by atomic mass is 10.1. The molecule has 18 heavy (non-hydrogen) atoms. The van der Waals surface area contributed by atoms with Crippen LogP contribution in [0.5, 0.6) is 0 Å². The van der Waals surface area contributed by atoms with Gasteiger partial charge in [-0.3, -0.25) is 9.59 Å². The van der Waals surface area contributed by atoms with Gasteiger partial charge in [-0.05, 0) is 11.6 Å². The molecule has 1 aromatic rings. The van der Waals surface area contributed by atoms with Crippen LogP contribution in [0.25, 0.3) is 0 Å². The van der Waals surface area contributed by atoms with Crippen molar-refractivity contribution < 1.29 is 9.59 Å². The summed E-state index contributed by atoms with van der Waals surface area (Å²) in [6, 6.07) is 7.42. The minimum atomic E-state index is -0.122. The van der Waals surface area contributed by atoms with Gasteiger partial charge in [0.15, 0.2) is 0 Å². The summed E-state index contributed by atoms with van der Waals surface area (Å²) in [5, 5.41) is 2.79. The highest BCUT2D eigenvalue weighted by atomic mass is 35.5. The molecule has 0 bridgehead atoms. The van der Waals surface area contributed by atoms with Crippen molar-refractivity contribution in [2.45, 2.75) is 19.9 Å². The molecule has 2 amide bonds. The molecule has 1 aromatic carbocycles. The number of amides is 2. The van der Waals surface area contributed by atoms with Crippen LogP contribution in [0.2, 0.25) is 0 Å². The van der Waals surface area contributed by atoms with Gasteiger partial charge in [-0.1, -0.05) is 18.2 Å². The van der Waals surface area contributed by atoms with E-state index >= 15 is 0 Å². The summed E-state index contributed by atoms with van der Waals surface area (Å²) in [5.41, 5.74) is 1.62. The number of nitrogens with one attached hydrogen (secondary N) is 1. The van der Waals surface area contributed by atoms with E-state index < -0.39 is 0 Å². The summed E-state index contributed by atoms with van der Waals surface area (Å²) in [6.45, 7) is 1.97. The summed E-state index contributed by atoms with van der Waals surface area (Å²) in [7, 11) is 1.72. The summed E-state index contributed by atoms with van der Waals surface area (Å²) in [5.74, 6) is 0.154. The number of hydrogen-bond acceptors (Lipinski definition) is 2. The molecule has 5 heteroatoms. The summed E-state index contributed by atoms with van der Waals surface area (Å²) < 4.78 is 0. The van der Waals surface area contributed by atoms with Gasteiger partial charge in [0.25, 0.3) is 0 Å². The highest BCUT2D eigenvalue weighted by Crippen LogP contribution is 2.17. The topological polar surface area (TPSA) is 49.4 Å². The fourth-order valence-corrected chi connectivity index (χ4v) is 1.62. The van der Waals surface area contributed by atoms with E-state index in [2.05, 4.69) is 5.32 Å². The van der Waals surface area contributed by atoms with Crippen LogP contribution in [-0.2, 0) is 16.1 Å². The van der Waals surface area contributed by atoms with Crippen LogP contribution < -0.4 is 5.32 Å². The van der Waals surface area contributed by atoms with Crippen LogP contribution in [-0.4, -0.2) is 29.6 Å². The molecule has 0 spiro atoms. The monoisotopic (exact) mass is 268 g/mol. The van der Waals surface area contributed by atoms with Gasteiger partial charge in [-0.15, -0.1) is 11.6 Å². The van der Waals surface area contributed by atoms with Crippen molar-refractivity contribution in [3.05, 3.63) is 29.8 Å². The van der Waals surface area contributed by atoms with Gasteiger partial charge in [-0.25, -0.2) is 0 Å². The Hall–Kier alpha value is -1.55. The van der Waals surface area contributed by atoms with Crippen LogP contribution in [0.15, 0.2) is 24.3 Å². The van der Waals surface area contributed by atoms with Crippen molar-refractivity contribution in [1.82, 2.24) is 4.90 Å². The molecule has 1 rings (SSSR count). The lowest BCUT2D eigenvalue weighted by Crippen LogP contribution is -2.24.